The number of carbonyl (C=O) groups is 2. The van der Waals surface area contributed by atoms with Crippen LogP contribution in [0, 0.1) is 18.3 Å². The molecule has 1 unspecified atom stereocenters. The maximum atomic E-state index is 13.0. The lowest BCUT2D eigenvalue weighted by Gasteiger charge is -2.18. The summed E-state index contributed by atoms with van der Waals surface area (Å²) >= 11 is 6.23. The standard InChI is InChI=1S/C25H28ClN7O2/c1-7-32(6)24(35)17-8-9-21(28-13-17)33-22(30-16(3)31-33)15(2)29-23(34)18-10-19(12-20(26)11-18)25(4,5)14-27/h8-13,15H,7H2,1-6H3,(H,29,34). The Kier molecular flexibility index (Phi) is 7.56. The third kappa shape index (κ3) is 5.66. The lowest BCUT2D eigenvalue weighted by molar-refractivity contribution is 0.0801. The Morgan fingerprint density at radius 2 is 1.97 bits per heavy atom. The SMILES string of the molecule is CCN(C)C(=O)c1ccc(-n2nc(C)nc2C(C)NC(=O)c2cc(Cl)cc(C(C)(C)C#N)c2)nc1. The zero-order chi connectivity index (χ0) is 25.9. The summed E-state index contributed by atoms with van der Waals surface area (Å²) in [5.74, 6) is 0.974. The zero-order valence-electron chi connectivity index (χ0n) is 20.6. The number of halogens is 1. The third-order valence-corrected chi connectivity index (χ3v) is 5.89. The van der Waals surface area contributed by atoms with E-state index in [1.165, 1.54) is 6.20 Å². The number of aromatic nitrogens is 4. The van der Waals surface area contributed by atoms with E-state index in [1.54, 1.807) is 74.7 Å². The van der Waals surface area contributed by atoms with Crippen LogP contribution in [0.3, 0.4) is 0 Å². The minimum Gasteiger partial charge on any atom is -0.342 e. The summed E-state index contributed by atoms with van der Waals surface area (Å²) in [4.78, 5) is 35.9. The predicted octanol–water partition coefficient (Wildman–Crippen LogP) is 4.01. The van der Waals surface area contributed by atoms with Gasteiger partial charge in [-0.25, -0.2) is 9.97 Å². The highest BCUT2D eigenvalue weighted by atomic mass is 35.5. The number of amides is 2. The van der Waals surface area contributed by atoms with Crippen LogP contribution in [0.5, 0.6) is 0 Å². The maximum Gasteiger partial charge on any atom is 0.255 e. The molecule has 0 saturated heterocycles. The number of rotatable bonds is 7. The van der Waals surface area contributed by atoms with Gasteiger partial charge in [0, 0.05) is 30.4 Å². The van der Waals surface area contributed by atoms with Gasteiger partial charge in [0.1, 0.15) is 5.82 Å². The van der Waals surface area contributed by atoms with Gasteiger partial charge >= 0.3 is 0 Å². The van der Waals surface area contributed by atoms with Crippen molar-refractivity contribution in [3.63, 3.8) is 0 Å². The average Bonchev–Trinajstić information content (AvgIpc) is 3.24. The molecule has 182 valence electrons. The van der Waals surface area contributed by atoms with E-state index in [9.17, 15) is 14.9 Å². The molecule has 0 saturated carbocycles. The second-order valence-electron chi connectivity index (χ2n) is 8.81. The van der Waals surface area contributed by atoms with E-state index in [0.29, 0.717) is 45.7 Å². The van der Waals surface area contributed by atoms with Gasteiger partial charge in [-0.3, -0.25) is 9.59 Å². The first-order valence-electron chi connectivity index (χ1n) is 11.2. The number of nitrogens with one attached hydrogen (secondary N) is 1. The van der Waals surface area contributed by atoms with Crippen LogP contribution < -0.4 is 5.32 Å². The normalized spacial score (nSPS) is 12.1. The van der Waals surface area contributed by atoms with Crippen LogP contribution in [0.2, 0.25) is 5.02 Å². The third-order valence-electron chi connectivity index (χ3n) is 5.67. The van der Waals surface area contributed by atoms with Crippen molar-refractivity contribution < 1.29 is 9.59 Å². The second-order valence-corrected chi connectivity index (χ2v) is 9.25. The van der Waals surface area contributed by atoms with Crippen molar-refractivity contribution in [1.82, 2.24) is 30.0 Å². The lowest BCUT2D eigenvalue weighted by atomic mass is 9.85. The van der Waals surface area contributed by atoms with Gasteiger partial charge in [-0.15, -0.1) is 5.10 Å². The number of carbonyl (C=O) groups excluding carboxylic acids is 2. The van der Waals surface area contributed by atoms with Gasteiger partial charge in [-0.2, -0.15) is 9.94 Å². The first kappa shape index (κ1) is 25.8. The smallest absolute Gasteiger partial charge is 0.255 e. The molecule has 0 aliphatic carbocycles. The Morgan fingerprint density at radius 3 is 2.57 bits per heavy atom. The summed E-state index contributed by atoms with van der Waals surface area (Å²) in [6.45, 7) is 9.55. The fraction of sp³-hybridized carbons (Fsp3) is 0.360. The Labute approximate surface area is 209 Å². The minimum atomic E-state index is -0.798. The highest BCUT2D eigenvalue weighted by Crippen LogP contribution is 2.27. The molecule has 1 N–H and O–H groups in total. The maximum absolute atomic E-state index is 13.0. The Hall–Kier alpha value is -3.77. The molecule has 0 aliphatic heterocycles. The van der Waals surface area contributed by atoms with E-state index in [4.69, 9.17) is 11.6 Å². The molecule has 2 heterocycles. The summed E-state index contributed by atoms with van der Waals surface area (Å²) in [7, 11) is 1.73. The molecule has 10 heteroatoms. The number of nitrogens with zero attached hydrogens (tertiary/aromatic N) is 6. The molecular weight excluding hydrogens is 466 g/mol. The summed E-state index contributed by atoms with van der Waals surface area (Å²) < 4.78 is 1.54. The lowest BCUT2D eigenvalue weighted by Crippen LogP contribution is -2.29. The van der Waals surface area contributed by atoms with E-state index in [-0.39, 0.29) is 11.8 Å². The van der Waals surface area contributed by atoms with Crippen molar-refractivity contribution in [2.45, 2.75) is 46.1 Å². The quantitative estimate of drug-likeness (QED) is 0.531. The molecule has 2 amide bonds. The summed E-state index contributed by atoms with van der Waals surface area (Å²) in [5, 5.41) is 17.2. The van der Waals surface area contributed by atoms with Crippen LogP contribution in [0.25, 0.3) is 5.82 Å². The van der Waals surface area contributed by atoms with Gasteiger partial charge in [-0.1, -0.05) is 11.6 Å². The fourth-order valence-electron chi connectivity index (χ4n) is 3.37. The molecule has 0 aliphatic rings. The van der Waals surface area contributed by atoms with Gasteiger partial charge in [0.2, 0.25) is 0 Å². The highest BCUT2D eigenvalue weighted by Gasteiger charge is 2.24. The van der Waals surface area contributed by atoms with Crippen LogP contribution in [0.4, 0.5) is 0 Å². The molecule has 0 spiro atoms. The van der Waals surface area contributed by atoms with Gasteiger partial charge in [0.15, 0.2) is 11.6 Å². The molecule has 35 heavy (non-hydrogen) atoms. The van der Waals surface area contributed by atoms with E-state index < -0.39 is 11.5 Å². The van der Waals surface area contributed by atoms with Gasteiger partial charge < -0.3 is 10.2 Å². The summed E-state index contributed by atoms with van der Waals surface area (Å²) in [6, 6.07) is 9.98. The molecule has 0 radical (unpaired) electrons. The van der Waals surface area contributed by atoms with Crippen LogP contribution in [0.1, 0.15) is 71.7 Å². The molecule has 2 aromatic heterocycles. The average molecular weight is 494 g/mol. The van der Waals surface area contributed by atoms with Crippen LogP contribution in [0.15, 0.2) is 36.5 Å². The number of aryl methyl sites for hydroxylation is 1. The minimum absolute atomic E-state index is 0.123. The van der Waals surface area contributed by atoms with Crippen molar-refractivity contribution in [3.05, 3.63) is 69.9 Å². The largest absolute Gasteiger partial charge is 0.342 e. The number of pyridine rings is 1. The van der Waals surface area contributed by atoms with Crippen molar-refractivity contribution in [2.24, 2.45) is 0 Å². The van der Waals surface area contributed by atoms with Crippen molar-refractivity contribution in [1.29, 1.82) is 5.26 Å². The van der Waals surface area contributed by atoms with Crippen molar-refractivity contribution >= 4 is 23.4 Å². The fourth-order valence-corrected chi connectivity index (χ4v) is 3.61. The molecular formula is C25H28ClN7O2. The Balaban J connectivity index is 1.86. The van der Waals surface area contributed by atoms with Crippen LogP contribution in [-0.4, -0.2) is 50.1 Å². The van der Waals surface area contributed by atoms with Crippen LogP contribution in [-0.2, 0) is 5.41 Å². The Bertz CT molecular complexity index is 1290. The molecule has 0 fully saturated rings. The van der Waals surface area contributed by atoms with Crippen molar-refractivity contribution in [2.75, 3.05) is 13.6 Å². The summed E-state index contributed by atoms with van der Waals surface area (Å²) in [6.07, 6.45) is 1.50. The molecule has 3 aromatic rings. The molecule has 0 bridgehead atoms. The van der Waals surface area contributed by atoms with Gasteiger partial charge in [0.25, 0.3) is 11.8 Å². The first-order valence-corrected chi connectivity index (χ1v) is 11.5. The zero-order valence-corrected chi connectivity index (χ0v) is 21.4. The molecule has 3 rings (SSSR count). The van der Waals surface area contributed by atoms with E-state index in [1.807, 2.05) is 6.92 Å². The van der Waals surface area contributed by atoms with E-state index >= 15 is 0 Å². The number of hydrogen-bond donors (Lipinski definition) is 1. The molecule has 1 atom stereocenters. The van der Waals surface area contributed by atoms with Crippen molar-refractivity contribution in [3.8, 4) is 11.9 Å². The van der Waals surface area contributed by atoms with E-state index in [0.717, 1.165) is 0 Å². The topological polar surface area (TPSA) is 117 Å². The van der Waals surface area contributed by atoms with Crippen LogP contribution >= 0.6 is 11.6 Å². The number of hydrogen-bond acceptors (Lipinski definition) is 6. The molecule has 9 nitrogen and oxygen atoms in total. The highest BCUT2D eigenvalue weighted by molar-refractivity contribution is 6.31. The number of benzene rings is 1. The first-order chi connectivity index (χ1) is 16.5. The monoisotopic (exact) mass is 493 g/mol. The second kappa shape index (κ2) is 10.2. The molecule has 1 aromatic carbocycles. The van der Waals surface area contributed by atoms with E-state index in [2.05, 4.69) is 26.5 Å². The predicted molar refractivity (Wildman–Crippen MR) is 132 cm³/mol. The van der Waals surface area contributed by atoms with Gasteiger partial charge in [0.05, 0.1) is 23.1 Å². The van der Waals surface area contributed by atoms with Gasteiger partial charge in [-0.05, 0) is 70.5 Å². The Morgan fingerprint density at radius 1 is 1.26 bits per heavy atom. The summed E-state index contributed by atoms with van der Waals surface area (Å²) in [5.41, 5.74) is 0.659. The number of nitriles is 1.